The molecular formula is C19H17Cl2N3S. The van der Waals surface area contributed by atoms with E-state index in [1.54, 1.807) is 23.7 Å². The molecule has 6 heteroatoms. The van der Waals surface area contributed by atoms with Gasteiger partial charge in [0.15, 0.2) is 4.80 Å². The Kier molecular flexibility index (Phi) is 4.93. The Morgan fingerprint density at radius 2 is 2.00 bits per heavy atom. The Morgan fingerprint density at radius 1 is 1.16 bits per heavy atom. The second-order valence-electron chi connectivity index (χ2n) is 6.16. The number of nitrogens with zero attached hydrogens (tertiary/aromatic N) is 3. The standard InChI is InChI=1S/C19H17Cl2N3S/c20-13-7-8-17(21)16(10-13)18-12-25-19(23-14-4-3-9-22-11-14)24(18)15-5-1-2-6-15/h3-4,7-12,15H,1-2,5-6H2. The Bertz CT molecular complexity index is 941. The molecule has 2 aromatic heterocycles. The summed E-state index contributed by atoms with van der Waals surface area (Å²) in [6, 6.07) is 9.94. The number of aromatic nitrogens is 2. The zero-order valence-electron chi connectivity index (χ0n) is 13.5. The van der Waals surface area contributed by atoms with E-state index in [2.05, 4.69) is 14.9 Å². The van der Waals surface area contributed by atoms with Crippen LogP contribution in [0.5, 0.6) is 0 Å². The van der Waals surface area contributed by atoms with E-state index in [0.717, 1.165) is 21.7 Å². The lowest BCUT2D eigenvalue weighted by molar-refractivity contribution is 0.512. The number of pyridine rings is 1. The van der Waals surface area contributed by atoms with Gasteiger partial charge in [-0.1, -0.05) is 36.0 Å². The van der Waals surface area contributed by atoms with Crippen molar-refractivity contribution < 1.29 is 0 Å². The van der Waals surface area contributed by atoms with Crippen LogP contribution < -0.4 is 4.80 Å². The lowest BCUT2D eigenvalue weighted by Crippen LogP contribution is -2.20. The molecule has 0 unspecified atom stereocenters. The number of rotatable bonds is 3. The van der Waals surface area contributed by atoms with Crippen LogP contribution >= 0.6 is 34.5 Å². The van der Waals surface area contributed by atoms with Gasteiger partial charge < -0.3 is 4.57 Å². The van der Waals surface area contributed by atoms with Gasteiger partial charge >= 0.3 is 0 Å². The largest absolute Gasteiger partial charge is 0.313 e. The summed E-state index contributed by atoms with van der Waals surface area (Å²) in [7, 11) is 0. The predicted molar refractivity (Wildman–Crippen MR) is 105 cm³/mol. The minimum atomic E-state index is 0.451. The number of hydrogen-bond acceptors (Lipinski definition) is 3. The van der Waals surface area contributed by atoms with Gasteiger partial charge in [-0.25, -0.2) is 4.99 Å². The summed E-state index contributed by atoms with van der Waals surface area (Å²) in [6.45, 7) is 0. The minimum absolute atomic E-state index is 0.451. The molecule has 0 N–H and O–H groups in total. The molecule has 0 amide bonds. The lowest BCUT2D eigenvalue weighted by Gasteiger charge is -2.17. The van der Waals surface area contributed by atoms with E-state index >= 15 is 0 Å². The molecule has 3 aromatic rings. The maximum Gasteiger partial charge on any atom is 0.190 e. The summed E-state index contributed by atoms with van der Waals surface area (Å²) < 4.78 is 2.34. The quantitative estimate of drug-likeness (QED) is 0.519. The molecule has 1 saturated carbocycles. The monoisotopic (exact) mass is 389 g/mol. The van der Waals surface area contributed by atoms with Crippen LogP contribution in [0.3, 0.4) is 0 Å². The second kappa shape index (κ2) is 7.32. The van der Waals surface area contributed by atoms with Crippen molar-refractivity contribution in [3.8, 4) is 11.3 Å². The topological polar surface area (TPSA) is 30.2 Å². The summed E-state index contributed by atoms with van der Waals surface area (Å²) in [5, 5.41) is 3.53. The first-order valence-corrected chi connectivity index (χ1v) is 9.96. The summed E-state index contributed by atoms with van der Waals surface area (Å²) in [4.78, 5) is 9.97. The molecule has 0 aliphatic heterocycles. The Morgan fingerprint density at radius 3 is 2.76 bits per heavy atom. The van der Waals surface area contributed by atoms with Gasteiger partial charge in [-0.3, -0.25) is 4.98 Å². The molecule has 3 nitrogen and oxygen atoms in total. The lowest BCUT2D eigenvalue weighted by atomic mass is 10.1. The van der Waals surface area contributed by atoms with E-state index in [-0.39, 0.29) is 0 Å². The van der Waals surface area contributed by atoms with Crippen LogP contribution in [0, 0.1) is 0 Å². The molecule has 0 saturated heterocycles. The van der Waals surface area contributed by atoms with Crippen molar-refractivity contribution in [2.24, 2.45) is 4.99 Å². The zero-order chi connectivity index (χ0) is 17.2. The number of thiazole rings is 1. The van der Waals surface area contributed by atoms with Crippen molar-refractivity contribution in [1.29, 1.82) is 0 Å². The predicted octanol–water partition coefficient (Wildman–Crippen LogP) is 6.27. The van der Waals surface area contributed by atoms with Crippen molar-refractivity contribution in [2.45, 2.75) is 31.7 Å². The van der Waals surface area contributed by atoms with Gasteiger partial charge in [0.2, 0.25) is 0 Å². The maximum atomic E-state index is 6.47. The fraction of sp³-hybridized carbons (Fsp3) is 0.263. The second-order valence-corrected chi connectivity index (χ2v) is 7.84. The van der Waals surface area contributed by atoms with Gasteiger partial charge in [0, 0.05) is 28.2 Å². The fourth-order valence-electron chi connectivity index (χ4n) is 3.34. The van der Waals surface area contributed by atoms with Crippen LogP contribution in [-0.4, -0.2) is 9.55 Å². The number of benzene rings is 1. The van der Waals surface area contributed by atoms with Crippen LogP contribution in [0.25, 0.3) is 11.3 Å². The average Bonchev–Trinajstić information content (AvgIpc) is 3.27. The molecule has 128 valence electrons. The fourth-order valence-corrected chi connectivity index (χ4v) is 4.70. The van der Waals surface area contributed by atoms with E-state index in [1.807, 2.05) is 30.3 Å². The van der Waals surface area contributed by atoms with Gasteiger partial charge in [-0.2, -0.15) is 0 Å². The zero-order valence-corrected chi connectivity index (χ0v) is 15.9. The first kappa shape index (κ1) is 16.8. The van der Waals surface area contributed by atoms with Crippen LogP contribution in [0.4, 0.5) is 5.69 Å². The molecule has 0 radical (unpaired) electrons. The summed E-state index contributed by atoms with van der Waals surface area (Å²) >= 11 is 14.3. The molecule has 25 heavy (non-hydrogen) atoms. The average molecular weight is 390 g/mol. The van der Waals surface area contributed by atoms with Gasteiger partial charge in [-0.15, -0.1) is 11.3 Å². The molecule has 1 aliphatic carbocycles. The third kappa shape index (κ3) is 3.52. The summed E-state index contributed by atoms with van der Waals surface area (Å²) in [5.74, 6) is 0. The molecule has 1 fully saturated rings. The molecule has 2 heterocycles. The third-order valence-electron chi connectivity index (χ3n) is 4.51. The minimum Gasteiger partial charge on any atom is -0.313 e. The molecular weight excluding hydrogens is 373 g/mol. The Labute approximate surface area is 160 Å². The maximum absolute atomic E-state index is 6.47. The van der Waals surface area contributed by atoms with Crippen LogP contribution in [-0.2, 0) is 0 Å². The smallest absolute Gasteiger partial charge is 0.190 e. The van der Waals surface area contributed by atoms with Crippen molar-refractivity contribution >= 4 is 40.2 Å². The molecule has 1 aliphatic rings. The SMILES string of the molecule is Clc1ccc(Cl)c(-c2csc(=Nc3cccnc3)n2C2CCCC2)c1. The van der Waals surface area contributed by atoms with Crippen LogP contribution in [0.2, 0.25) is 10.0 Å². The van der Waals surface area contributed by atoms with Crippen molar-refractivity contribution in [1.82, 2.24) is 9.55 Å². The highest BCUT2D eigenvalue weighted by molar-refractivity contribution is 7.07. The van der Waals surface area contributed by atoms with E-state index in [0.29, 0.717) is 16.1 Å². The van der Waals surface area contributed by atoms with Crippen molar-refractivity contribution in [2.75, 3.05) is 0 Å². The van der Waals surface area contributed by atoms with Gasteiger partial charge in [-0.05, 0) is 43.2 Å². The van der Waals surface area contributed by atoms with Crippen molar-refractivity contribution in [3.05, 3.63) is 63.0 Å². The normalized spacial score (nSPS) is 15.8. The molecule has 0 atom stereocenters. The van der Waals surface area contributed by atoms with Gasteiger partial charge in [0.25, 0.3) is 0 Å². The van der Waals surface area contributed by atoms with E-state index < -0.39 is 0 Å². The van der Waals surface area contributed by atoms with Crippen LogP contribution in [0.1, 0.15) is 31.7 Å². The molecule has 4 rings (SSSR count). The molecule has 0 spiro atoms. The van der Waals surface area contributed by atoms with E-state index in [9.17, 15) is 0 Å². The highest BCUT2D eigenvalue weighted by Gasteiger charge is 2.22. The van der Waals surface area contributed by atoms with Crippen molar-refractivity contribution in [3.63, 3.8) is 0 Å². The number of halogens is 2. The first-order valence-electron chi connectivity index (χ1n) is 8.32. The molecule has 1 aromatic carbocycles. The Hall–Kier alpha value is -1.62. The van der Waals surface area contributed by atoms with Crippen LogP contribution in [0.15, 0.2) is 53.1 Å². The highest BCUT2D eigenvalue weighted by atomic mass is 35.5. The molecule has 0 bridgehead atoms. The highest BCUT2D eigenvalue weighted by Crippen LogP contribution is 2.36. The Balaban J connectivity index is 1.91. The van der Waals surface area contributed by atoms with E-state index in [1.165, 1.54) is 25.7 Å². The van der Waals surface area contributed by atoms with E-state index in [4.69, 9.17) is 28.2 Å². The third-order valence-corrected chi connectivity index (χ3v) is 5.91. The summed E-state index contributed by atoms with van der Waals surface area (Å²) in [5.41, 5.74) is 2.91. The summed E-state index contributed by atoms with van der Waals surface area (Å²) in [6.07, 6.45) is 8.38. The van der Waals surface area contributed by atoms with Gasteiger partial charge in [0.1, 0.15) is 0 Å². The first-order chi connectivity index (χ1) is 12.2. The number of hydrogen-bond donors (Lipinski definition) is 0. The van der Waals surface area contributed by atoms with Gasteiger partial charge in [0.05, 0.1) is 22.6 Å².